The van der Waals surface area contributed by atoms with Gasteiger partial charge in [-0.1, -0.05) is 18.2 Å². The number of hydrogen-bond acceptors (Lipinski definition) is 3. The number of halogens is 1. The number of nitriles is 1. The molecule has 2 aromatic heterocycles. The predicted octanol–water partition coefficient (Wildman–Crippen LogP) is 5.08. The summed E-state index contributed by atoms with van der Waals surface area (Å²) in [6.07, 6.45) is 0. The molecule has 2 aromatic carbocycles. The van der Waals surface area contributed by atoms with Gasteiger partial charge in [0.2, 0.25) is 0 Å². The monoisotopic (exact) mass is 334 g/mol. The maximum atomic E-state index is 13.9. The molecule has 3 nitrogen and oxygen atoms in total. The first-order chi connectivity index (χ1) is 11.7. The first-order valence-corrected chi connectivity index (χ1v) is 8.20. The Morgan fingerprint density at radius 1 is 1.12 bits per heavy atom. The summed E-state index contributed by atoms with van der Waals surface area (Å²) in [5.41, 5.74) is 3.56. The van der Waals surface area contributed by atoms with Crippen LogP contribution in [0.4, 0.5) is 4.39 Å². The van der Waals surface area contributed by atoms with Gasteiger partial charge in [0.1, 0.15) is 6.07 Å². The quantitative estimate of drug-likeness (QED) is 0.556. The second-order valence-electron chi connectivity index (χ2n) is 5.34. The fraction of sp³-hybridized carbons (Fsp3) is 0. The number of aromatic hydroxyl groups is 1. The number of para-hydroxylation sites is 1. The summed E-state index contributed by atoms with van der Waals surface area (Å²) in [6.45, 7) is 0. The highest BCUT2D eigenvalue weighted by Gasteiger charge is 2.20. The van der Waals surface area contributed by atoms with Crippen molar-refractivity contribution in [2.24, 2.45) is 0 Å². The second kappa shape index (κ2) is 5.52. The van der Waals surface area contributed by atoms with Crippen molar-refractivity contribution >= 4 is 22.2 Å². The van der Waals surface area contributed by atoms with Crippen LogP contribution in [0.5, 0.6) is 5.75 Å². The molecule has 0 amide bonds. The van der Waals surface area contributed by atoms with Crippen LogP contribution in [0.3, 0.4) is 0 Å². The highest BCUT2D eigenvalue weighted by atomic mass is 32.1. The van der Waals surface area contributed by atoms with Crippen LogP contribution in [-0.2, 0) is 0 Å². The Labute approximate surface area is 141 Å². The Kier molecular flexibility index (Phi) is 3.33. The first kappa shape index (κ1) is 14.5. The van der Waals surface area contributed by atoms with Gasteiger partial charge in [-0.05, 0) is 29.6 Å². The van der Waals surface area contributed by atoms with Crippen LogP contribution in [0, 0.1) is 17.1 Å². The molecule has 2 heterocycles. The maximum absolute atomic E-state index is 13.9. The van der Waals surface area contributed by atoms with E-state index >= 15 is 0 Å². The molecule has 0 saturated heterocycles. The molecule has 0 aliphatic rings. The highest BCUT2D eigenvalue weighted by Crippen LogP contribution is 2.37. The summed E-state index contributed by atoms with van der Waals surface area (Å²) < 4.78 is 15.8. The number of hydrogen-bond donors (Lipinski definition) is 1. The van der Waals surface area contributed by atoms with Crippen LogP contribution in [0.25, 0.3) is 27.8 Å². The SMILES string of the molecule is N#Cc1c(-c2ccsc2)n(-c2ccc(O)c(F)c2)c2ccccc12. The van der Waals surface area contributed by atoms with E-state index in [2.05, 4.69) is 6.07 Å². The van der Waals surface area contributed by atoms with Crippen molar-refractivity contribution in [3.05, 3.63) is 70.7 Å². The molecule has 0 bridgehead atoms. The van der Waals surface area contributed by atoms with Crippen molar-refractivity contribution in [3.63, 3.8) is 0 Å². The third kappa shape index (κ3) is 2.08. The van der Waals surface area contributed by atoms with Crippen LogP contribution in [0.2, 0.25) is 0 Å². The lowest BCUT2D eigenvalue weighted by molar-refractivity contribution is 0.432. The highest BCUT2D eigenvalue weighted by molar-refractivity contribution is 7.08. The van der Waals surface area contributed by atoms with Crippen LogP contribution < -0.4 is 0 Å². The number of benzene rings is 2. The summed E-state index contributed by atoms with van der Waals surface area (Å²) in [5.74, 6) is -1.09. The van der Waals surface area contributed by atoms with Crippen LogP contribution >= 0.6 is 11.3 Å². The maximum Gasteiger partial charge on any atom is 0.166 e. The number of phenols is 1. The van der Waals surface area contributed by atoms with Crippen molar-refractivity contribution in [3.8, 4) is 28.8 Å². The van der Waals surface area contributed by atoms with Gasteiger partial charge >= 0.3 is 0 Å². The third-order valence-electron chi connectivity index (χ3n) is 3.97. The summed E-state index contributed by atoms with van der Waals surface area (Å²) >= 11 is 1.54. The van der Waals surface area contributed by atoms with E-state index in [0.717, 1.165) is 22.2 Å². The smallest absolute Gasteiger partial charge is 0.166 e. The third-order valence-corrected chi connectivity index (χ3v) is 4.65. The van der Waals surface area contributed by atoms with Crippen molar-refractivity contribution in [1.29, 1.82) is 5.26 Å². The zero-order valence-corrected chi connectivity index (χ0v) is 13.2. The van der Waals surface area contributed by atoms with Gasteiger partial charge in [-0.3, -0.25) is 0 Å². The van der Waals surface area contributed by atoms with Gasteiger partial charge in [0.25, 0.3) is 0 Å². The molecule has 24 heavy (non-hydrogen) atoms. The topological polar surface area (TPSA) is 49.0 Å². The van der Waals surface area contributed by atoms with Gasteiger partial charge in [0.15, 0.2) is 11.6 Å². The zero-order valence-electron chi connectivity index (χ0n) is 12.4. The molecule has 0 fully saturated rings. The summed E-state index contributed by atoms with van der Waals surface area (Å²) in [4.78, 5) is 0. The van der Waals surface area contributed by atoms with Crippen molar-refractivity contribution in [1.82, 2.24) is 4.57 Å². The normalized spacial score (nSPS) is 10.8. The minimum absolute atomic E-state index is 0.396. The van der Waals surface area contributed by atoms with E-state index in [1.54, 1.807) is 6.07 Å². The van der Waals surface area contributed by atoms with E-state index in [4.69, 9.17) is 0 Å². The summed E-state index contributed by atoms with van der Waals surface area (Å²) in [6, 6.07) is 16.0. The van der Waals surface area contributed by atoms with Crippen LogP contribution in [-0.4, -0.2) is 9.67 Å². The largest absolute Gasteiger partial charge is 0.505 e. The van der Waals surface area contributed by atoms with E-state index in [1.807, 2.05) is 45.7 Å². The minimum Gasteiger partial charge on any atom is -0.505 e. The lowest BCUT2D eigenvalue weighted by Gasteiger charge is -2.11. The summed E-state index contributed by atoms with van der Waals surface area (Å²) in [7, 11) is 0. The lowest BCUT2D eigenvalue weighted by Crippen LogP contribution is -1.97. The van der Waals surface area contributed by atoms with E-state index in [-0.39, 0.29) is 0 Å². The molecule has 0 radical (unpaired) electrons. The molecular formula is C19H11FN2OS. The molecule has 0 spiro atoms. The fourth-order valence-corrected chi connectivity index (χ4v) is 3.57. The molecule has 0 atom stereocenters. The van der Waals surface area contributed by atoms with Gasteiger partial charge in [-0.15, -0.1) is 0 Å². The molecule has 4 aromatic rings. The Bertz CT molecular complexity index is 1090. The lowest BCUT2D eigenvalue weighted by atomic mass is 10.1. The van der Waals surface area contributed by atoms with Gasteiger partial charge in [-0.2, -0.15) is 16.6 Å². The number of thiophene rings is 1. The predicted molar refractivity (Wildman–Crippen MR) is 92.9 cm³/mol. The number of phenolic OH excluding ortho intramolecular Hbond substituents is 1. The number of nitrogens with zero attached hydrogens (tertiary/aromatic N) is 2. The average Bonchev–Trinajstić information content (AvgIpc) is 3.22. The Hall–Kier alpha value is -3.10. The molecule has 0 aliphatic heterocycles. The second-order valence-corrected chi connectivity index (χ2v) is 6.12. The van der Waals surface area contributed by atoms with Crippen molar-refractivity contribution in [2.75, 3.05) is 0 Å². The van der Waals surface area contributed by atoms with E-state index < -0.39 is 11.6 Å². The van der Waals surface area contributed by atoms with Crippen molar-refractivity contribution in [2.45, 2.75) is 0 Å². The number of rotatable bonds is 2. The molecule has 116 valence electrons. The van der Waals surface area contributed by atoms with E-state index in [9.17, 15) is 14.8 Å². The Balaban J connectivity index is 2.16. The van der Waals surface area contributed by atoms with Gasteiger partial charge in [-0.25, -0.2) is 4.39 Å². The molecular weight excluding hydrogens is 323 g/mol. The zero-order chi connectivity index (χ0) is 16.7. The Morgan fingerprint density at radius 3 is 2.67 bits per heavy atom. The van der Waals surface area contributed by atoms with Gasteiger partial charge < -0.3 is 9.67 Å². The molecule has 0 aliphatic carbocycles. The summed E-state index contributed by atoms with van der Waals surface area (Å²) in [5, 5.41) is 23.9. The van der Waals surface area contributed by atoms with Gasteiger partial charge in [0, 0.05) is 28.1 Å². The van der Waals surface area contributed by atoms with Crippen LogP contribution in [0.15, 0.2) is 59.3 Å². The molecule has 5 heteroatoms. The van der Waals surface area contributed by atoms with Gasteiger partial charge in [0.05, 0.1) is 16.8 Å². The molecule has 1 N–H and O–H groups in total. The average molecular weight is 334 g/mol. The Morgan fingerprint density at radius 2 is 1.96 bits per heavy atom. The molecule has 0 saturated carbocycles. The minimum atomic E-state index is -0.694. The van der Waals surface area contributed by atoms with E-state index in [1.165, 1.54) is 23.5 Å². The molecule has 4 rings (SSSR count). The van der Waals surface area contributed by atoms with Crippen molar-refractivity contribution < 1.29 is 9.50 Å². The molecule has 0 unspecified atom stereocenters. The number of fused-ring (bicyclic) bond motifs is 1. The van der Waals surface area contributed by atoms with E-state index in [0.29, 0.717) is 11.3 Å². The number of aromatic nitrogens is 1. The van der Waals surface area contributed by atoms with Crippen LogP contribution in [0.1, 0.15) is 5.56 Å². The fourth-order valence-electron chi connectivity index (χ4n) is 2.93. The standard InChI is InChI=1S/C19H11FN2OS/c20-16-9-13(5-6-18(16)23)22-17-4-2-1-3-14(17)15(10-21)19(22)12-7-8-24-11-12/h1-9,11,23H. The first-order valence-electron chi connectivity index (χ1n) is 7.25.